The molecule has 1 aliphatic rings. The Labute approximate surface area is 207 Å². The molecule has 4 heterocycles. The Morgan fingerprint density at radius 1 is 0.917 bits per heavy atom. The summed E-state index contributed by atoms with van der Waals surface area (Å²) >= 11 is 0. The van der Waals surface area contributed by atoms with Crippen molar-refractivity contribution in [3.8, 4) is 33.9 Å². The number of nitrogens with two attached hydrogens (primary N) is 1. The predicted octanol–water partition coefficient (Wildman–Crippen LogP) is 5.91. The van der Waals surface area contributed by atoms with Gasteiger partial charge in [-0.05, 0) is 49.4 Å². The van der Waals surface area contributed by atoms with E-state index in [0.29, 0.717) is 11.5 Å². The lowest BCUT2D eigenvalue weighted by atomic mass is 9.72. The van der Waals surface area contributed by atoms with Gasteiger partial charge in [0.25, 0.3) is 0 Å². The highest BCUT2D eigenvalue weighted by Gasteiger charge is 2.34. The SMILES string of the molecule is Cc1cc(-c2nnc3c4cc(-c5ccccc5)c(-c5ccc(C6(N)CCC6)cc5)nc4ccn23)no1. The minimum absolute atomic E-state index is 0.184. The standard InChI is InChI=1S/C29H24N6O/c1-18-16-25(34-36-18)28-33-32-27-23-17-22(19-6-3-2-4-7-19)26(31-24(23)12-15-35(27)28)20-8-10-21(11-9-20)29(30)13-5-14-29/h2-4,6-12,15-17H,5,13-14,30H2,1H3. The van der Waals surface area contributed by atoms with Crippen LogP contribution in [0.5, 0.6) is 0 Å². The van der Waals surface area contributed by atoms with Gasteiger partial charge in [-0.15, -0.1) is 10.2 Å². The van der Waals surface area contributed by atoms with Gasteiger partial charge < -0.3 is 10.3 Å². The van der Waals surface area contributed by atoms with Crippen molar-refractivity contribution in [1.82, 2.24) is 24.7 Å². The Morgan fingerprint density at radius 2 is 1.72 bits per heavy atom. The van der Waals surface area contributed by atoms with Gasteiger partial charge in [0.05, 0.1) is 11.2 Å². The molecule has 1 fully saturated rings. The predicted molar refractivity (Wildman–Crippen MR) is 139 cm³/mol. The first kappa shape index (κ1) is 21.0. The van der Waals surface area contributed by atoms with Crippen LogP contribution in [0.2, 0.25) is 0 Å². The van der Waals surface area contributed by atoms with Gasteiger partial charge in [0.2, 0.25) is 0 Å². The summed E-state index contributed by atoms with van der Waals surface area (Å²) in [5.41, 5.74) is 13.9. The van der Waals surface area contributed by atoms with Crippen molar-refractivity contribution >= 4 is 16.6 Å². The van der Waals surface area contributed by atoms with E-state index in [9.17, 15) is 0 Å². The molecule has 176 valence electrons. The molecule has 1 aliphatic carbocycles. The molecular formula is C29H24N6O. The second kappa shape index (κ2) is 7.83. The number of aryl methyl sites for hydroxylation is 1. The molecule has 2 N–H and O–H groups in total. The first-order chi connectivity index (χ1) is 17.6. The average Bonchev–Trinajstić information content (AvgIpc) is 3.53. The molecule has 0 spiro atoms. The number of benzene rings is 2. The lowest BCUT2D eigenvalue weighted by molar-refractivity contribution is 0.253. The topological polar surface area (TPSA) is 95.1 Å². The van der Waals surface area contributed by atoms with Gasteiger partial charge in [-0.2, -0.15) is 0 Å². The van der Waals surface area contributed by atoms with Crippen LogP contribution in [0.4, 0.5) is 0 Å². The van der Waals surface area contributed by atoms with Crippen molar-refractivity contribution in [2.45, 2.75) is 31.7 Å². The normalized spacial score (nSPS) is 14.8. The molecule has 0 bridgehead atoms. The molecule has 7 nitrogen and oxygen atoms in total. The quantitative estimate of drug-likeness (QED) is 0.343. The maximum atomic E-state index is 6.57. The van der Waals surface area contributed by atoms with Gasteiger partial charge in [0.1, 0.15) is 5.76 Å². The van der Waals surface area contributed by atoms with Gasteiger partial charge in [0.15, 0.2) is 17.2 Å². The molecule has 7 heteroatoms. The summed E-state index contributed by atoms with van der Waals surface area (Å²) < 4.78 is 7.19. The summed E-state index contributed by atoms with van der Waals surface area (Å²) in [7, 11) is 0. The molecule has 0 saturated heterocycles. The van der Waals surface area contributed by atoms with Crippen LogP contribution in [0.1, 0.15) is 30.6 Å². The number of rotatable bonds is 4. The zero-order valence-electron chi connectivity index (χ0n) is 19.8. The summed E-state index contributed by atoms with van der Waals surface area (Å²) in [6.07, 6.45) is 5.21. The second-order valence-electron chi connectivity index (χ2n) is 9.63. The number of hydrogen-bond acceptors (Lipinski definition) is 6. The van der Waals surface area contributed by atoms with E-state index in [4.69, 9.17) is 15.2 Å². The Bertz CT molecular complexity index is 1730. The van der Waals surface area contributed by atoms with Gasteiger partial charge in [-0.1, -0.05) is 59.8 Å². The summed E-state index contributed by atoms with van der Waals surface area (Å²) in [6.45, 7) is 1.86. The van der Waals surface area contributed by atoms with Crippen molar-refractivity contribution in [2.24, 2.45) is 5.73 Å². The van der Waals surface area contributed by atoms with Crippen LogP contribution >= 0.6 is 0 Å². The first-order valence-corrected chi connectivity index (χ1v) is 12.2. The molecular weight excluding hydrogens is 448 g/mol. The molecule has 7 rings (SSSR count). The average molecular weight is 473 g/mol. The first-order valence-electron chi connectivity index (χ1n) is 12.2. The molecule has 0 aliphatic heterocycles. The van der Waals surface area contributed by atoms with E-state index in [1.165, 1.54) is 12.0 Å². The molecule has 0 amide bonds. The highest BCUT2D eigenvalue weighted by atomic mass is 16.5. The zero-order valence-corrected chi connectivity index (χ0v) is 19.8. The monoisotopic (exact) mass is 472 g/mol. The van der Waals surface area contributed by atoms with Crippen LogP contribution in [-0.4, -0.2) is 24.7 Å². The Morgan fingerprint density at radius 3 is 2.42 bits per heavy atom. The Hall–Kier alpha value is -4.36. The highest BCUT2D eigenvalue weighted by Crippen LogP contribution is 2.40. The molecule has 4 aromatic heterocycles. The maximum Gasteiger partial charge on any atom is 0.190 e. The largest absolute Gasteiger partial charge is 0.361 e. The van der Waals surface area contributed by atoms with E-state index < -0.39 is 0 Å². The van der Waals surface area contributed by atoms with Crippen molar-refractivity contribution < 1.29 is 4.52 Å². The maximum absolute atomic E-state index is 6.57. The van der Waals surface area contributed by atoms with Crippen molar-refractivity contribution in [2.75, 3.05) is 0 Å². The number of hydrogen-bond donors (Lipinski definition) is 1. The van der Waals surface area contributed by atoms with E-state index in [0.717, 1.165) is 57.5 Å². The van der Waals surface area contributed by atoms with E-state index >= 15 is 0 Å². The van der Waals surface area contributed by atoms with E-state index in [-0.39, 0.29) is 5.54 Å². The fraction of sp³-hybridized carbons (Fsp3) is 0.172. The third-order valence-corrected chi connectivity index (χ3v) is 7.29. The molecule has 2 aromatic carbocycles. The molecule has 36 heavy (non-hydrogen) atoms. The van der Waals surface area contributed by atoms with Crippen LogP contribution in [0, 0.1) is 6.92 Å². The van der Waals surface area contributed by atoms with Crippen molar-refractivity contribution in [1.29, 1.82) is 0 Å². The smallest absolute Gasteiger partial charge is 0.190 e. The third-order valence-electron chi connectivity index (χ3n) is 7.29. The number of aromatic nitrogens is 5. The second-order valence-corrected chi connectivity index (χ2v) is 9.63. The minimum atomic E-state index is -0.184. The van der Waals surface area contributed by atoms with Gasteiger partial charge in [0, 0.05) is 34.3 Å². The van der Waals surface area contributed by atoms with E-state index in [1.807, 2.05) is 47.9 Å². The van der Waals surface area contributed by atoms with Crippen LogP contribution in [0.15, 0.2) is 83.5 Å². The van der Waals surface area contributed by atoms with Gasteiger partial charge in [-0.25, -0.2) is 4.98 Å². The third kappa shape index (κ3) is 3.24. The minimum Gasteiger partial charge on any atom is -0.361 e. The molecule has 0 radical (unpaired) electrons. The van der Waals surface area contributed by atoms with Gasteiger partial charge >= 0.3 is 0 Å². The van der Waals surface area contributed by atoms with Crippen LogP contribution in [0.3, 0.4) is 0 Å². The van der Waals surface area contributed by atoms with E-state index in [1.54, 1.807) is 0 Å². The number of nitrogens with zero attached hydrogens (tertiary/aromatic N) is 5. The van der Waals surface area contributed by atoms with E-state index in [2.05, 4.69) is 57.8 Å². The summed E-state index contributed by atoms with van der Waals surface area (Å²) in [5.74, 6) is 1.36. The lowest BCUT2D eigenvalue weighted by Crippen LogP contribution is -2.43. The Balaban J connectivity index is 1.42. The van der Waals surface area contributed by atoms with Crippen LogP contribution < -0.4 is 5.73 Å². The molecule has 0 unspecified atom stereocenters. The fourth-order valence-corrected chi connectivity index (χ4v) is 5.11. The molecule has 6 aromatic rings. The zero-order chi connectivity index (χ0) is 24.3. The number of fused-ring (bicyclic) bond motifs is 3. The highest BCUT2D eigenvalue weighted by molar-refractivity contribution is 5.98. The van der Waals surface area contributed by atoms with Crippen molar-refractivity contribution in [3.05, 3.63) is 90.3 Å². The summed E-state index contributed by atoms with van der Waals surface area (Å²) in [5, 5.41) is 14.0. The van der Waals surface area contributed by atoms with Gasteiger partial charge in [-0.3, -0.25) is 4.40 Å². The Kier molecular flexibility index (Phi) is 4.56. The lowest BCUT2D eigenvalue weighted by Gasteiger charge is -2.38. The number of pyridine rings is 2. The van der Waals surface area contributed by atoms with Crippen LogP contribution in [0.25, 0.3) is 50.5 Å². The van der Waals surface area contributed by atoms with Crippen molar-refractivity contribution in [3.63, 3.8) is 0 Å². The summed E-state index contributed by atoms with van der Waals surface area (Å²) in [4.78, 5) is 5.14. The molecule has 0 atom stereocenters. The fourth-order valence-electron chi connectivity index (χ4n) is 5.11. The summed E-state index contributed by atoms with van der Waals surface area (Å²) in [6, 6.07) is 24.9. The molecule has 1 saturated carbocycles. The van der Waals surface area contributed by atoms with Crippen LogP contribution in [-0.2, 0) is 5.54 Å².